The Morgan fingerprint density at radius 1 is 1.40 bits per heavy atom. The topological polar surface area (TPSA) is 68.5 Å². The molecule has 2 saturated heterocycles. The standard InChI is InChI=1S/C14H21N3O3/c1-2-12-15-13(20-16-12)10-5-3-7-17(9-10)14(18)11-6-4-8-19-11/h10-11H,2-9H2,1H3/t10-,11+/m1/s1. The van der Waals surface area contributed by atoms with Gasteiger partial charge in [-0.15, -0.1) is 0 Å². The summed E-state index contributed by atoms with van der Waals surface area (Å²) in [6.45, 7) is 4.19. The predicted molar refractivity (Wildman–Crippen MR) is 71.2 cm³/mol. The average molecular weight is 279 g/mol. The third-order valence-corrected chi connectivity index (χ3v) is 4.09. The van der Waals surface area contributed by atoms with Crippen molar-refractivity contribution in [2.45, 2.75) is 51.0 Å². The lowest BCUT2D eigenvalue weighted by molar-refractivity contribution is -0.142. The lowest BCUT2D eigenvalue weighted by Crippen LogP contribution is -2.44. The van der Waals surface area contributed by atoms with E-state index in [4.69, 9.17) is 9.26 Å². The molecule has 0 unspecified atom stereocenters. The minimum Gasteiger partial charge on any atom is -0.368 e. The highest BCUT2D eigenvalue weighted by molar-refractivity contribution is 5.81. The molecule has 20 heavy (non-hydrogen) atoms. The van der Waals surface area contributed by atoms with Crippen LogP contribution in [0.3, 0.4) is 0 Å². The molecule has 0 saturated carbocycles. The van der Waals surface area contributed by atoms with Gasteiger partial charge in [0, 0.05) is 26.1 Å². The highest BCUT2D eigenvalue weighted by Gasteiger charge is 2.33. The van der Waals surface area contributed by atoms with Gasteiger partial charge >= 0.3 is 0 Å². The summed E-state index contributed by atoms with van der Waals surface area (Å²) >= 11 is 0. The van der Waals surface area contributed by atoms with Gasteiger partial charge in [-0.2, -0.15) is 4.98 Å². The zero-order chi connectivity index (χ0) is 13.9. The number of carbonyl (C=O) groups is 1. The summed E-state index contributed by atoms with van der Waals surface area (Å²) in [4.78, 5) is 18.7. The molecule has 0 N–H and O–H groups in total. The first-order chi connectivity index (χ1) is 9.78. The molecule has 0 aliphatic carbocycles. The van der Waals surface area contributed by atoms with E-state index in [1.165, 1.54) is 0 Å². The Bertz CT molecular complexity index is 468. The summed E-state index contributed by atoms with van der Waals surface area (Å²) in [7, 11) is 0. The lowest BCUT2D eigenvalue weighted by Gasteiger charge is -2.32. The van der Waals surface area contributed by atoms with Gasteiger partial charge in [0.05, 0.1) is 5.92 Å². The first-order valence-electron chi connectivity index (χ1n) is 7.50. The Morgan fingerprint density at radius 2 is 2.30 bits per heavy atom. The highest BCUT2D eigenvalue weighted by atomic mass is 16.5. The van der Waals surface area contributed by atoms with E-state index in [1.54, 1.807) is 0 Å². The number of aromatic nitrogens is 2. The molecule has 1 aromatic heterocycles. The molecule has 6 heteroatoms. The summed E-state index contributed by atoms with van der Waals surface area (Å²) in [6, 6.07) is 0. The fourth-order valence-electron chi connectivity index (χ4n) is 2.93. The third kappa shape index (κ3) is 2.70. The second kappa shape index (κ2) is 5.91. The Balaban J connectivity index is 1.65. The van der Waals surface area contributed by atoms with Crippen molar-refractivity contribution in [2.75, 3.05) is 19.7 Å². The van der Waals surface area contributed by atoms with Gasteiger partial charge in [-0.25, -0.2) is 0 Å². The number of likely N-dealkylation sites (tertiary alicyclic amines) is 1. The SMILES string of the molecule is CCc1noc([C@@H]2CCCN(C(=O)[C@@H]3CCCO3)C2)n1. The Kier molecular flexibility index (Phi) is 4.00. The molecule has 2 atom stereocenters. The highest BCUT2D eigenvalue weighted by Crippen LogP contribution is 2.27. The van der Waals surface area contributed by atoms with Crippen molar-refractivity contribution in [1.29, 1.82) is 0 Å². The summed E-state index contributed by atoms with van der Waals surface area (Å²) in [6.07, 6.45) is 4.35. The molecule has 0 bridgehead atoms. The van der Waals surface area contributed by atoms with Gasteiger partial charge < -0.3 is 14.2 Å². The van der Waals surface area contributed by atoms with Gasteiger partial charge in [0.2, 0.25) is 5.89 Å². The van der Waals surface area contributed by atoms with E-state index < -0.39 is 0 Å². The van der Waals surface area contributed by atoms with E-state index in [0.717, 1.165) is 44.5 Å². The largest absolute Gasteiger partial charge is 0.368 e. The number of aryl methyl sites for hydroxylation is 1. The number of amides is 1. The summed E-state index contributed by atoms with van der Waals surface area (Å²) in [5, 5.41) is 3.94. The maximum absolute atomic E-state index is 12.4. The van der Waals surface area contributed by atoms with Crippen molar-refractivity contribution in [1.82, 2.24) is 15.0 Å². The zero-order valence-electron chi connectivity index (χ0n) is 11.9. The zero-order valence-corrected chi connectivity index (χ0v) is 11.9. The number of hydrogen-bond acceptors (Lipinski definition) is 5. The Labute approximate surface area is 118 Å². The van der Waals surface area contributed by atoms with Crippen LogP contribution in [-0.4, -0.2) is 46.7 Å². The molecule has 110 valence electrons. The fraction of sp³-hybridized carbons (Fsp3) is 0.786. The molecule has 6 nitrogen and oxygen atoms in total. The maximum atomic E-state index is 12.4. The van der Waals surface area contributed by atoms with Crippen LogP contribution in [0, 0.1) is 0 Å². The number of nitrogens with zero attached hydrogens (tertiary/aromatic N) is 3. The predicted octanol–water partition coefficient (Wildman–Crippen LogP) is 1.52. The normalized spacial score (nSPS) is 26.9. The van der Waals surface area contributed by atoms with Crippen molar-refractivity contribution in [3.05, 3.63) is 11.7 Å². The van der Waals surface area contributed by atoms with Gasteiger partial charge in [-0.3, -0.25) is 4.79 Å². The smallest absolute Gasteiger partial charge is 0.251 e. The van der Waals surface area contributed by atoms with Crippen LogP contribution >= 0.6 is 0 Å². The summed E-state index contributed by atoms with van der Waals surface area (Å²) in [5.41, 5.74) is 0. The van der Waals surface area contributed by atoms with Gasteiger partial charge in [-0.1, -0.05) is 12.1 Å². The van der Waals surface area contributed by atoms with Crippen LogP contribution in [0.15, 0.2) is 4.52 Å². The molecule has 1 amide bonds. The van der Waals surface area contributed by atoms with Gasteiger partial charge in [0.25, 0.3) is 5.91 Å². The average Bonchev–Trinajstić information content (AvgIpc) is 3.17. The molecule has 3 heterocycles. The molecule has 0 spiro atoms. The second-order valence-corrected chi connectivity index (χ2v) is 5.53. The van der Waals surface area contributed by atoms with Crippen LogP contribution in [0.5, 0.6) is 0 Å². The third-order valence-electron chi connectivity index (χ3n) is 4.09. The maximum Gasteiger partial charge on any atom is 0.251 e. The second-order valence-electron chi connectivity index (χ2n) is 5.53. The van der Waals surface area contributed by atoms with Crippen LogP contribution in [0.2, 0.25) is 0 Å². The molecule has 0 aromatic carbocycles. The number of ether oxygens (including phenoxy) is 1. The van der Waals surface area contributed by atoms with E-state index in [2.05, 4.69) is 10.1 Å². The molecule has 3 rings (SSSR count). The quantitative estimate of drug-likeness (QED) is 0.839. The molecular formula is C14H21N3O3. The minimum atomic E-state index is -0.234. The summed E-state index contributed by atoms with van der Waals surface area (Å²) in [5.74, 6) is 1.71. The minimum absolute atomic E-state index is 0.127. The van der Waals surface area contributed by atoms with Crippen LogP contribution in [0.1, 0.15) is 50.2 Å². The number of piperidine rings is 1. The van der Waals surface area contributed by atoms with Gasteiger partial charge in [-0.05, 0) is 25.7 Å². The number of carbonyl (C=O) groups excluding carboxylic acids is 1. The first kappa shape index (κ1) is 13.5. The first-order valence-corrected chi connectivity index (χ1v) is 7.50. The van der Waals surface area contributed by atoms with E-state index in [-0.39, 0.29) is 17.9 Å². The number of rotatable bonds is 3. The van der Waals surface area contributed by atoms with E-state index >= 15 is 0 Å². The van der Waals surface area contributed by atoms with Crippen LogP contribution in [0.25, 0.3) is 0 Å². The van der Waals surface area contributed by atoms with E-state index in [9.17, 15) is 4.79 Å². The molecule has 1 aromatic rings. The van der Waals surface area contributed by atoms with Crippen molar-refractivity contribution < 1.29 is 14.1 Å². The van der Waals surface area contributed by atoms with E-state index in [0.29, 0.717) is 19.0 Å². The molecule has 2 aliphatic rings. The van der Waals surface area contributed by atoms with Crippen LogP contribution < -0.4 is 0 Å². The van der Waals surface area contributed by atoms with Crippen molar-refractivity contribution in [3.63, 3.8) is 0 Å². The molecular weight excluding hydrogens is 258 g/mol. The monoisotopic (exact) mass is 279 g/mol. The molecule has 2 fully saturated rings. The lowest BCUT2D eigenvalue weighted by atomic mass is 9.97. The molecule has 2 aliphatic heterocycles. The Hall–Kier alpha value is -1.43. The summed E-state index contributed by atoms with van der Waals surface area (Å²) < 4.78 is 10.8. The Morgan fingerprint density at radius 3 is 3.00 bits per heavy atom. The van der Waals surface area contributed by atoms with Crippen LogP contribution in [-0.2, 0) is 16.0 Å². The van der Waals surface area contributed by atoms with Gasteiger partial charge in [0.1, 0.15) is 6.10 Å². The van der Waals surface area contributed by atoms with Crippen molar-refractivity contribution in [2.24, 2.45) is 0 Å². The van der Waals surface area contributed by atoms with Crippen LogP contribution in [0.4, 0.5) is 0 Å². The van der Waals surface area contributed by atoms with Gasteiger partial charge in [0.15, 0.2) is 5.82 Å². The van der Waals surface area contributed by atoms with Crippen molar-refractivity contribution in [3.8, 4) is 0 Å². The van der Waals surface area contributed by atoms with E-state index in [1.807, 2.05) is 11.8 Å². The number of hydrogen-bond donors (Lipinski definition) is 0. The fourth-order valence-corrected chi connectivity index (χ4v) is 2.93. The molecule has 0 radical (unpaired) electrons. The van der Waals surface area contributed by atoms with Crippen molar-refractivity contribution >= 4 is 5.91 Å².